The van der Waals surface area contributed by atoms with Gasteiger partial charge in [-0.15, -0.1) is 0 Å². The van der Waals surface area contributed by atoms with Crippen molar-refractivity contribution in [3.05, 3.63) is 29.8 Å². The molecular weight excluding hydrogens is 185 g/mol. The molecule has 0 spiro atoms. The third kappa shape index (κ3) is 3.37. The van der Waals surface area contributed by atoms with Crippen molar-refractivity contribution in [1.82, 2.24) is 0 Å². The number of benzene rings is 1. The van der Waals surface area contributed by atoms with Crippen LogP contribution in [0.2, 0.25) is 0 Å². The van der Waals surface area contributed by atoms with Gasteiger partial charge in [-0.25, -0.2) is 4.21 Å². The first-order valence-electron chi connectivity index (χ1n) is 2.86. The molecule has 0 aromatic heterocycles. The summed E-state index contributed by atoms with van der Waals surface area (Å²) in [6, 6.07) is 8.33. The molecule has 0 bridgehead atoms. The summed E-state index contributed by atoms with van der Waals surface area (Å²) in [5, 5.41) is 8.40. The van der Waals surface area contributed by atoms with E-state index in [9.17, 15) is 4.21 Å². The first-order chi connectivity index (χ1) is 5.36. The molecule has 1 aromatic rings. The summed E-state index contributed by atoms with van der Waals surface area (Å²) in [6.45, 7) is 0. The fourth-order valence-electron chi connectivity index (χ4n) is 0.633. The molecule has 5 heteroatoms. The summed E-state index contributed by atoms with van der Waals surface area (Å²) >= 11 is -0.382. The Morgan fingerprint density at radius 2 is 1.92 bits per heavy atom. The van der Waals surface area contributed by atoms with Crippen LogP contribution in [0.5, 0.6) is 5.75 Å². The van der Waals surface area contributed by atoms with Crippen molar-refractivity contribution in [3.63, 3.8) is 0 Å². The molecule has 3 nitrogen and oxygen atoms in total. The molecule has 0 saturated heterocycles. The van der Waals surface area contributed by atoms with Crippen LogP contribution in [0.1, 0.15) is 5.56 Å². The van der Waals surface area contributed by atoms with E-state index in [2.05, 4.69) is 4.18 Å². The van der Waals surface area contributed by atoms with Gasteiger partial charge in [0, 0.05) is 0 Å². The summed E-state index contributed by atoms with van der Waals surface area (Å²) in [6.07, 6.45) is 0. The molecule has 0 atom stereocenters. The van der Waals surface area contributed by atoms with Crippen molar-refractivity contribution in [2.45, 2.75) is 0 Å². The predicted molar refractivity (Wildman–Crippen MR) is 48.5 cm³/mol. The topological polar surface area (TPSA) is 50.1 Å². The van der Waals surface area contributed by atoms with Gasteiger partial charge in [0.15, 0.2) is 11.9 Å². The Hall–Kier alpha value is -0.340. The van der Waals surface area contributed by atoms with E-state index in [4.69, 9.17) is 5.26 Å². The number of hydrogen-bond donors (Lipinski definition) is 1. The Kier molecular flexibility index (Phi) is 6.03. The number of nitriles is 1. The van der Waals surface area contributed by atoms with Gasteiger partial charge in [-0.3, -0.25) is 0 Å². The van der Waals surface area contributed by atoms with Crippen LogP contribution in [0.15, 0.2) is 24.3 Å². The minimum absolute atomic E-state index is 0. The van der Waals surface area contributed by atoms with E-state index >= 15 is 0 Å². The fraction of sp³-hybridized carbons (Fsp3) is 0. The summed E-state index contributed by atoms with van der Waals surface area (Å²) in [5.74, 6) is 0.487. The van der Waals surface area contributed by atoms with E-state index in [-0.39, 0.29) is 41.5 Å². The van der Waals surface area contributed by atoms with Crippen LogP contribution in [-0.2, 0) is 11.9 Å². The fourth-order valence-corrected chi connectivity index (χ4v) is 0.841. The van der Waals surface area contributed by atoms with Gasteiger partial charge in [-0.1, -0.05) is 0 Å². The average molecular weight is 191 g/mol. The number of rotatable bonds is 2. The molecule has 58 valence electrons. The second-order valence-corrected chi connectivity index (χ2v) is 2.13. The molecule has 1 rings (SSSR count). The van der Waals surface area contributed by atoms with Gasteiger partial charge in [0.05, 0.1) is 11.6 Å². The third-order valence-corrected chi connectivity index (χ3v) is 1.41. The summed E-state index contributed by atoms with van der Waals surface area (Å²) in [4.78, 5) is 0. The van der Waals surface area contributed by atoms with Crippen molar-refractivity contribution >= 4 is 41.5 Å². The van der Waals surface area contributed by atoms with Gasteiger partial charge in [-0.2, -0.15) is 5.26 Å². The normalized spacial score (nSPS) is 7.92. The molecule has 0 radical (unpaired) electrons. The first kappa shape index (κ1) is 11.7. The summed E-state index contributed by atoms with van der Waals surface area (Å²) < 4.78 is 14.6. The third-order valence-electron chi connectivity index (χ3n) is 1.13. The molecule has 12 heavy (non-hydrogen) atoms. The zero-order valence-electron chi connectivity index (χ0n) is 5.52. The monoisotopic (exact) mass is 191 g/mol. The number of nitrogens with zero attached hydrogens (tertiary/aromatic N) is 1. The molecule has 0 heterocycles. The Morgan fingerprint density at radius 1 is 1.33 bits per heavy atom. The van der Waals surface area contributed by atoms with E-state index in [1.165, 1.54) is 0 Å². The molecule has 0 fully saturated rings. The Bertz CT molecular complexity index is 293. The first-order valence-corrected chi connectivity index (χ1v) is 3.59. The molecule has 0 amide bonds. The zero-order valence-corrected chi connectivity index (χ0v) is 6.41. The second kappa shape index (κ2) is 6.21. The summed E-state index contributed by atoms with van der Waals surface area (Å²) in [5.41, 5.74) is 0.555. The van der Waals surface area contributed by atoms with Crippen molar-refractivity contribution in [2.75, 3.05) is 0 Å². The van der Waals surface area contributed by atoms with E-state index in [1.54, 1.807) is 24.3 Å². The van der Waals surface area contributed by atoms with Gasteiger partial charge in [-0.05, 0) is 24.3 Å². The Morgan fingerprint density at radius 3 is 2.33 bits per heavy atom. The van der Waals surface area contributed by atoms with Gasteiger partial charge < -0.3 is 4.18 Å². The molecule has 0 aliphatic heterocycles. The zero-order chi connectivity index (χ0) is 8.10. The Balaban J connectivity index is 0.00000121. The van der Waals surface area contributed by atoms with Crippen LogP contribution in [0.3, 0.4) is 0 Å². The molecule has 0 saturated carbocycles. The molecule has 0 N–H and O–H groups in total. The van der Waals surface area contributed by atoms with Crippen LogP contribution in [0.25, 0.3) is 0 Å². The standard InChI is InChI=1S/C7H5NO2S.Na.H/c8-5-6-1-3-7(4-2-6)10-11-9;;/h1-4,11H;;. The van der Waals surface area contributed by atoms with Crippen LogP contribution < -0.4 is 4.18 Å². The molecular formula is C7H6NNaO2S. The quantitative estimate of drug-likeness (QED) is 0.534. The van der Waals surface area contributed by atoms with Crippen LogP contribution >= 0.6 is 0 Å². The second-order valence-electron chi connectivity index (χ2n) is 1.80. The van der Waals surface area contributed by atoms with E-state index in [0.29, 0.717) is 11.3 Å². The van der Waals surface area contributed by atoms with Gasteiger partial charge >= 0.3 is 29.6 Å². The van der Waals surface area contributed by atoms with E-state index < -0.39 is 0 Å². The van der Waals surface area contributed by atoms with Gasteiger partial charge in [0.25, 0.3) is 0 Å². The minimum atomic E-state index is -0.382. The molecule has 0 aliphatic carbocycles. The summed E-state index contributed by atoms with van der Waals surface area (Å²) in [7, 11) is 0. The molecule has 0 unspecified atom stereocenters. The predicted octanol–water partition coefficient (Wildman–Crippen LogP) is 0.149. The van der Waals surface area contributed by atoms with Crippen molar-refractivity contribution < 1.29 is 8.39 Å². The number of thiol groups is 1. The van der Waals surface area contributed by atoms with Crippen molar-refractivity contribution in [2.24, 2.45) is 0 Å². The van der Waals surface area contributed by atoms with Gasteiger partial charge in [0.1, 0.15) is 5.75 Å². The van der Waals surface area contributed by atoms with Crippen LogP contribution in [-0.4, -0.2) is 33.8 Å². The average Bonchev–Trinajstić information content (AvgIpc) is 2.07. The van der Waals surface area contributed by atoms with Crippen LogP contribution in [0.4, 0.5) is 0 Å². The maximum atomic E-state index is 9.94. The van der Waals surface area contributed by atoms with Crippen LogP contribution in [0, 0.1) is 11.3 Å². The number of hydrogen-bond acceptors (Lipinski definition) is 3. The Labute approximate surface area is 96.3 Å². The SMILES string of the molecule is N#Cc1ccc(O[SH]=O)cc1.[NaH]. The van der Waals surface area contributed by atoms with E-state index in [1.807, 2.05) is 6.07 Å². The molecule has 1 aromatic carbocycles. The maximum absolute atomic E-state index is 9.94. The van der Waals surface area contributed by atoms with E-state index in [0.717, 1.165) is 0 Å². The molecule has 0 aliphatic rings. The van der Waals surface area contributed by atoms with Crippen molar-refractivity contribution in [3.8, 4) is 11.8 Å². The van der Waals surface area contributed by atoms with Gasteiger partial charge in [0.2, 0.25) is 0 Å². The van der Waals surface area contributed by atoms with Crippen molar-refractivity contribution in [1.29, 1.82) is 5.26 Å².